The van der Waals surface area contributed by atoms with E-state index in [0.29, 0.717) is 25.7 Å². The quantitative estimate of drug-likeness (QED) is 0.0222. The van der Waals surface area contributed by atoms with Gasteiger partial charge >= 0.3 is 39.5 Å². The Morgan fingerprint density at radius 3 is 0.723 bits per heavy atom. The first-order valence-corrected chi connectivity index (χ1v) is 41.8. The number of carbonyl (C=O) groups excluding carboxylic acids is 4. The number of esters is 4. The molecule has 0 aromatic rings. The van der Waals surface area contributed by atoms with Gasteiger partial charge in [-0.3, -0.25) is 37.3 Å². The summed E-state index contributed by atoms with van der Waals surface area (Å²) in [6, 6.07) is 0. The molecule has 0 aromatic heterocycles. The molecule has 0 radical (unpaired) electrons. The summed E-state index contributed by atoms with van der Waals surface area (Å²) in [4.78, 5) is 72.7. The number of unbranched alkanes of at least 4 members (excludes halogenated alkanes) is 41. The molecule has 17 nitrogen and oxygen atoms in total. The van der Waals surface area contributed by atoms with Crippen LogP contribution in [0.2, 0.25) is 0 Å². The van der Waals surface area contributed by atoms with Gasteiger partial charge in [0, 0.05) is 25.7 Å². The van der Waals surface area contributed by atoms with Crippen LogP contribution < -0.4 is 0 Å². The summed E-state index contributed by atoms with van der Waals surface area (Å²) in [6.45, 7) is 11.9. The third-order valence-electron chi connectivity index (χ3n) is 17.4. The number of phosphoric ester groups is 2. The van der Waals surface area contributed by atoms with Crippen molar-refractivity contribution in [3.05, 3.63) is 0 Å². The van der Waals surface area contributed by atoms with Crippen molar-refractivity contribution in [1.29, 1.82) is 0 Å². The second kappa shape index (κ2) is 65.7. The zero-order valence-corrected chi connectivity index (χ0v) is 63.2. The molecule has 0 aliphatic heterocycles. The molecule has 0 aromatic carbocycles. The van der Waals surface area contributed by atoms with E-state index in [-0.39, 0.29) is 25.7 Å². The molecule has 94 heavy (non-hydrogen) atoms. The second-order valence-electron chi connectivity index (χ2n) is 28.5. The van der Waals surface area contributed by atoms with E-state index in [0.717, 1.165) is 108 Å². The highest BCUT2D eigenvalue weighted by molar-refractivity contribution is 7.47. The lowest BCUT2D eigenvalue weighted by atomic mass is 10.0. The number of aliphatic hydroxyl groups is 1. The molecule has 0 saturated carbocycles. The highest BCUT2D eigenvalue weighted by atomic mass is 31.2. The molecule has 0 fully saturated rings. The molecule has 3 N–H and O–H groups in total. The summed E-state index contributed by atoms with van der Waals surface area (Å²) >= 11 is 0. The van der Waals surface area contributed by atoms with Gasteiger partial charge in [0.25, 0.3) is 0 Å². The third kappa shape index (κ3) is 68.6. The molecule has 0 bridgehead atoms. The van der Waals surface area contributed by atoms with Gasteiger partial charge in [0.15, 0.2) is 12.2 Å². The number of phosphoric acid groups is 2. The maximum absolute atomic E-state index is 13.1. The van der Waals surface area contributed by atoms with Crippen LogP contribution in [0.25, 0.3) is 0 Å². The smallest absolute Gasteiger partial charge is 0.462 e. The number of hydrogen-bond acceptors (Lipinski definition) is 15. The van der Waals surface area contributed by atoms with Gasteiger partial charge < -0.3 is 33.8 Å². The summed E-state index contributed by atoms with van der Waals surface area (Å²) in [5, 5.41) is 10.6. The zero-order chi connectivity index (χ0) is 69.4. The standard InChI is InChI=1S/C75H146O17P2/c1-8-9-10-11-12-25-35-42-49-56-72(77)85-62-70(91-75(80)59-52-45-38-31-24-18-21-28-34-41-48-55-68(6)7)64-89-93(81,82)87-60-69(76)61-88-94(83,84)90-65-71(63-86-73(78)57-50-43-36-29-22-17-16-20-27-33-40-47-54-67(4)5)92-74(79)58-51-44-37-30-23-15-13-14-19-26-32-39-46-53-66(2)3/h66-71,76H,8-65H2,1-7H3,(H,81,82)(H,83,84)/t69-,70+,71+/m0/s1. The average Bonchev–Trinajstić information content (AvgIpc) is 1.50. The Morgan fingerprint density at radius 2 is 0.489 bits per heavy atom. The molecular weight excluding hydrogens is 1230 g/mol. The van der Waals surface area contributed by atoms with E-state index in [1.165, 1.54) is 193 Å². The minimum atomic E-state index is -4.96. The Bertz CT molecular complexity index is 1840. The predicted octanol–water partition coefficient (Wildman–Crippen LogP) is 21.8. The molecule has 0 aliphatic carbocycles. The van der Waals surface area contributed by atoms with Crippen LogP contribution in [0.1, 0.15) is 382 Å². The van der Waals surface area contributed by atoms with E-state index in [1.54, 1.807) is 0 Å². The fourth-order valence-electron chi connectivity index (χ4n) is 11.4. The number of hydrogen-bond donors (Lipinski definition) is 3. The van der Waals surface area contributed by atoms with Gasteiger partial charge in [-0.15, -0.1) is 0 Å². The Hall–Kier alpha value is -1.94. The molecule has 0 heterocycles. The lowest BCUT2D eigenvalue weighted by Crippen LogP contribution is -2.30. The predicted molar refractivity (Wildman–Crippen MR) is 381 cm³/mol. The van der Waals surface area contributed by atoms with E-state index >= 15 is 0 Å². The van der Waals surface area contributed by atoms with Crippen molar-refractivity contribution in [3.63, 3.8) is 0 Å². The van der Waals surface area contributed by atoms with Gasteiger partial charge in [0.1, 0.15) is 19.3 Å². The van der Waals surface area contributed by atoms with Crippen LogP contribution >= 0.6 is 15.6 Å². The van der Waals surface area contributed by atoms with Crippen molar-refractivity contribution in [1.82, 2.24) is 0 Å². The third-order valence-corrected chi connectivity index (χ3v) is 19.3. The van der Waals surface area contributed by atoms with Gasteiger partial charge in [-0.1, -0.05) is 331 Å². The number of aliphatic hydroxyl groups excluding tert-OH is 1. The summed E-state index contributed by atoms with van der Waals surface area (Å²) in [6.07, 6.45) is 51.2. The van der Waals surface area contributed by atoms with Crippen LogP contribution in [0.4, 0.5) is 0 Å². The fraction of sp³-hybridized carbons (Fsp3) is 0.947. The topological polar surface area (TPSA) is 237 Å². The summed E-state index contributed by atoms with van der Waals surface area (Å²) < 4.78 is 68.5. The molecule has 0 spiro atoms. The zero-order valence-electron chi connectivity index (χ0n) is 61.4. The van der Waals surface area contributed by atoms with Crippen molar-refractivity contribution in [3.8, 4) is 0 Å². The molecule has 5 atom stereocenters. The Morgan fingerprint density at radius 1 is 0.287 bits per heavy atom. The van der Waals surface area contributed by atoms with E-state index in [9.17, 15) is 43.2 Å². The fourth-order valence-corrected chi connectivity index (χ4v) is 13.0. The second-order valence-corrected chi connectivity index (χ2v) is 31.4. The number of ether oxygens (including phenoxy) is 4. The highest BCUT2D eigenvalue weighted by Crippen LogP contribution is 2.45. The van der Waals surface area contributed by atoms with Crippen LogP contribution in [0.5, 0.6) is 0 Å². The first-order valence-electron chi connectivity index (χ1n) is 38.8. The highest BCUT2D eigenvalue weighted by Gasteiger charge is 2.30. The van der Waals surface area contributed by atoms with E-state index in [4.69, 9.17) is 37.0 Å². The molecular formula is C75H146O17P2. The maximum Gasteiger partial charge on any atom is 0.472 e. The molecule has 0 aliphatic rings. The molecule has 0 rings (SSSR count). The number of rotatable bonds is 73. The van der Waals surface area contributed by atoms with Crippen molar-refractivity contribution in [2.45, 2.75) is 401 Å². The monoisotopic (exact) mass is 1380 g/mol. The van der Waals surface area contributed by atoms with E-state index in [1.807, 2.05) is 0 Å². The number of carbonyl (C=O) groups is 4. The molecule has 0 amide bonds. The molecule has 2 unspecified atom stereocenters. The minimum absolute atomic E-state index is 0.106. The van der Waals surface area contributed by atoms with E-state index < -0.39 is 97.5 Å². The van der Waals surface area contributed by atoms with E-state index in [2.05, 4.69) is 48.5 Å². The van der Waals surface area contributed by atoms with Gasteiger partial charge in [-0.25, -0.2) is 9.13 Å². The summed E-state index contributed by atoms with van der Waals surface area (Å²) in [7, 11) is -9.91. The first-order chi connectivity index (χ1) is 45.2. The lowest BCUT2D eigenvalue weighted by molar-refractivity contribution is -0.161. The van der Waals surface area contributed by atoms with Crippen LogP contribution in [0, 0.1) is 17.8 Å². The molecule has 0 saturated heterocycles. The van der Waals surface area contributed by atoms with Crippen LogP contribution in [0.15, 0.2) is 0 Å². The Balaban J connectivity index is 5.24. The first kappa shape index (κ1) is 92.1. The normalized spacial score (nSPS) is 14.1. The Kier molecular flexibility index (Phi) is 64.3. The summed E-state index contributed by atoms with van der Waals surface area (Å²) in [5.74, 6) is 0.215. The van der Waals surface area contributed by atoms with Crippen molar-refractivity contribution in [2.24, 2.45) is 17.8 Å². The van der Waals surface area contributed by atoms with Gasteiger partial charge in [0.2, 0.25) is 0 Å². The lowest BCUT2D eigenvalue weighted by Gasteiger charge is -2.21. The molecule has 19 heteroatoms. The maximum atomic E-state index is 13.1. The summed E-state index contributed by atoms with van der Waals surface area (Å²) in [5.41, 5.74) is 0. The van der Waals surface area contributed by atoms with Gasteiger partial charge in [-0.2, -0.15) is 0 Å². The van der Waals surface area contributed by atoms with Gasteiger partial charge in [-0.05, 0) is 43.4 Å². The van der Waals surface area contributed by atoms with Crippen LogP contribution in [0.3, 0.4) is 0 Å². The largest absolute Gasteiger partial charge is 0.472 e. The van der Waals surface area contributed by atoms with Crippen molar-refractivity contribution >= 4 is 39.5 Å². The van der Waals surface area contributed by atoms with Crippen molar-refractivity contribution in [2.75, 3.05) is 39.6 Å². The average molecular weight is 1380 g/mol. The Labute approximate surface area is 575 Å². The van der Waals surface area contributed by atoms with Crippen molar-refractivity contribution < 1.29 is 80.2 Å². The van der Waals surface area contributed by atoms with Crippen LogP contribution in [-0.4, -0.2) is 96.7 Å². The SMILES string of the molecule is CCCCCCCCCCCC(=O)OC[C@H](COP(=O)(O)OC[C@H](O)COP(=O)(O)OC[C@@H](COC(=O)CCCCCCCCCCCCCCC(C)C)OC(=O)CCCCCCCCCCCCCCCC(C)C)OC(=O)CCCCCCCCCCCCCC(C)C. The van der Waals surface area contributed by atoms with Crippen LogP contribution in [-0.2, 0) is 65.4 Å². The molecule has 558 valence electrons. The van der Waals surface area contributed by atoms with Gasteiger partial charge in [0.05, 0.1) is 26.4 Å². The minimum Gasteiger partial charge on any atom is -0.462 e.